The van der Waals surface area contributed by atoms with Crippen molar-refractivity contribution in [1.29, 1.82) is 0 Å². The summed E-state index contributed by atoms with van der Waals surface area (Å²) in [6.07, 6.45) is 7.62. The van der Waals surface area contributed by atoms with Crippen molar-refractivity contribution >= 4 is 62.9 Å². The van der Waals surface area contributed by atoms with Gasteiger partial charge in [-0.1, -0.05) is 68.4 Å². The van der Waals surface area contributed by atoms with E-state index in [4.69, 9.17) is 24.2 Å². The number of aliphatic hydroxyl groups is 1. The average Bonchev–Trinajstić information content (AvgIpc) is 4.37. The normalized spacial score (nSPS) is 21.4. The Kier molecular flexibility index (Phi) is 15.6. The van der Waals surface area contributed by atoms with Crippen molar-refractivity contribution < 1.29 is 38.2 Å². The Morgan fingerprint density at radius 3 is 2.41 bits per heavy atom. The largest absolute Gasteiger partial charge is 0.508 e. The van der Waals surface area contributed by atoms with Gasteiger partial charge in [0.05, 0.1) is 33.6 Å². The number of aryl methyl sites for hydroxylation is 2. The molecular weight excluding hydrogens is 1060 g/mol. The van der Waals surface area contributed by atoms with Gasteiger partial charge in [0.2, 0.25) is 18.2 Å². The number of phenolic OH excluding ortho intramolecular Hbond substituents is 1. The molecule has 5 aliphatic heterocycles. The highest BCUT2D eigenvalue weighted by Crippen LogP contribution is 2.41. The molecule has 3 amide bonds. The third-order valence-electron chi connectivity index (χ3n) is 18.0. The van der Waals surface area contributed by atoms with E-state index in [0.717, 1.165) is 103 Å². The van der Waals surface area contributed by atoms with Gasteiger partial charge in [0.15, 0.2) is 17.4 Å². The Morgan fingerprint density at radius 2 is 1.71 bits per heavy atom. The third kappa shape index (κ3) is 10.8. The molecule has 430 valence electrons. The lowest BCUT2D eigenvalue weighted by Gasteiger charge is -2.42. The number of nitrogens with one attached hydrogen (secondary N) is 1. The van der Waals surface area contributed by atoms with Crippen LogP contribution in [0, 0.1) is 30.5 Å². The Bertz CT molecular complexity index is 3480. The fourth-order valence-corrected chi connectivity index (χ4v) is 14.4. The minimum atomic E-state index is -0.823. The molecule has 5 aliphatic rings. The molecule has 12 rings (SSSR count). The molecule has 0 spiro atoms. The van der Waals surface area contributed by atoms with Gasteiger partial charge < -0.3 is 44.4 Å². The summed E-state index contributed by atoms with van der Waals surface area (Å²) in [5, 5.41) is 31.2. The fourth-order valence-electron chi connectivity index (χ4n) is 13.5. The number of ether oxygens (including phenoxy) is 1. The van der Waals surface area contributed by atoms with Gasteiger partial charge >= 0.3 is 6.01 Å². The Labute approximate surface area is 480 Å². The van der Waals surface area contributed by atoms with Crippen LogP contribution in [-0.2, 0) is 20.8 Å². The molecule has 0 aliphatic carbocycles. The summed E-state index contributed by atoms with van der Waals surface area (Å²) in [5.41, 5.74) is 6.51. The smallest absolute Gasteiger partial charge is 0.319 e. The highest BCUT2D eigenvalue weighted by Gasteiger charge is 2.45. The van der Waals surface area contributed by atoms with Crippen molar-refractivity contribution in [3.05, 3.63) is 101 Å². The fraction of sp³-hybridized carbons (Fsp3) is 0.484. The number of thiazole rings is 1. The predicted molar refractivity (Wildman–Crippen MR) is 312 cm³/mol. The Morgan fingerprint density at radius 1 is 0.939 bits per heavy atom. The maximum Gasteiger partial charge on any atom is 0.319 e. The van der Waals surface area contributed by atoms with E-state index < -0.39 is 23.9 Å². The van der Waals surface area contributed by atoms with Gasteiger partial charge in [-0.3, -0.25) is 24.3 Å². The number of piperidine rings is 1. The van der Waals surface area contributed by atoms with Crippen molar-refractivity contribution in [2.75, 3.05) is 68.8 Å². The minimum Gasteiger partial charge on any atom is -0.508 e. The summed E-state index contributed by atoms with van der Waals surface area (Å²) in [6, 6.07) is 18.1. The van der Waals surface area contributed by atoms with E-state index in [-0.39, 0.29) is 71.8 Å². The van der Waals surface area contributed by atoms with Crippen LogP contribution in [0.3, 0.4) is 0 Å². The molecule has 5 fully saturated rings. The minimum absolute atomic E-state index is 0.0181. The first-order chi connectivity index (χ1) is 39.7. The maximum absolute atomic E-state index is 17.2. The van der Waals surface area contributed by atoms with Gasteiger partial charge in [-0.15, -0.1) is 11.3 Å². The SMILES string of the molecule is CCc1cccc2cc(O)cc(-c3ncc4c(N5CC6CCC(C5)N6C=O)nc(OCCN5CCC(CC6CN(c7cc(C(C(=O)N8C[C@H](O)C[C@H]8C(=O)NC(C)c8ccc(-c9scnc9C)cc8)C(C)C)on7)C6)CC5)nc4c3F)c12. The van der Waals surface area contributed by atoms with Crippen molar-refractivity contribution in [2.24, 2.45) is 17.8 Å². The lowest BCUT2D eigenvalue weighted by atomic mass is 9.83. The summed E-state index contributed by atoms with van der Waals surface area (Å²) >= 11 is 1.59. The molecule has 5 saturated heterocycles. The second kappa shape index (κ2) is 23.2. The number of halogens is 1. The number of benzene rings is 3. The Balaban J connectivity index is 0.646. The zero-order valence-corrected chi connectivity index (χ0v) is 48.0. The van der Waals surface area contributed by atoms with E-state index in [1.807, 2.05) is 93.6 Å². The van der Waals surface area contributed by atoms with Gasteiger partial charge in [0.1, 0.15) is 41.3 Å². The van der Waals surface area contributed by atoms with Crippen LogP contribution < -0.4 is 19.9 Å². The zero-order valence-electron chi connectivity index (χ0n) is 47.2. The number of likely N-dealkylation sites (tertiary alicyclic amines) is 2. The number of anilines is 2. The van der Waals surface area contributed by atoms with Gasteiger partial charge in [-0.25, -0.2) is 9.37 Å². The van der Waals surface area contributed by atoms with Gasteiger partial charge in [0, 0.05) is 75.6 Å². The highest BCUT2D eigenvalue weighted by atomic mass is 32.1. The molecule has 4 aromatic heterocycles. The zero-order chi connectivity index (χ0) is 56.9. The second-order valence-corrected chi connectivity index (χ2v) is 24.5. The quantitative estimate of drug-likeness (QED) is 0.0688. The van der Waals surface area contributed by atoms with Gasteiger partial charge in [0.25, 0.3) is 0 Å². The molecule has 20 heteroatoms. The van der Waals surface area contributed by atoms with Crippen LogP contribution in [0.25, 0.3) is 43.4 Å². The number of carbonyl (C=O) groups excluding carboxylic acids is 3. The monoisotopic (exact) mass is 1130 g/mol. The molecular formula is C62H72FN11O7S. The molecule has 6 atom stereocenters. The van der Waals surface area contributed by atoms with Crippen molar-refractivity contribution in [2.45, 2.75) is 116 Å². The van der Waals surface area contributed by atoms with Crippen LogP contribution >= 0.6 is 11.3 Å². The number of hydrogen-bond donors (Lipinski definition) is 3. The number of hydrogen-bond acceptors (Lipinski definition) is 16. The molecule has 0 saturated carbocycles. The lowest BCUT2D eigenvalue weighted by molar-refractivity contribution is -0.141. The third-order valence-corrected chi connectivity index (χ3v) is 19.0. The first-order valence-corrected chi connectivity index (χ1v) is 30.0. The number of pyridine rings is 1. The number of fused-ring (bicyclic) bond motifs is 4. The summed E-state index contributed by atoms with van der Waals surface area (Å²) in [6.45, 7) is 15.6. The number of aromatic nitrogens is 5. The number of phenols is 1. The van der Waals surface area contributed by atoms with E-state index in [1.165, 1.54) is 4.90 Å². The number of carbonyl (C=O) groups is 3. The van der Waals surface area contributed by atoms with Crippen LogP contribution in [0.1, 0.15) is 101 Å². The predicted octanol–water partition coefficient (Wildman–Crippen LogP) is 8.68. The molecule has 18 nitrogen and oxygen atoms in total. The van der Waals surface area contributed by atoms with Gasteiger partial charge in [-0.05, 0) is 123 Å². The molecule has 9 heterocycles. The Hall–Kier alpha value is -7.29. The molecule has 3 aromatic carbocycles. The van der Waals surface area contributed by atoms with Crippen LogP contribution in [0.15, 0.2) is 76.9 Å². The molecule has 7 aromatic rings. The number of piperazine rings is 1. The van der Waals surface area contributed by atoms with Gasteiger partial charge in [-0.2, -0.15) is 9.97 Å². The topological polar surface area (TPSA) is 207 Å². The van der Waals surface area contributed by atoms with E-state index in [0.29, 0.717) is 72.8 Å². The number of nitrogens with zero attached hydrogens (tertiary/aromatic N) is 10. The summed E-state index contributed by atoms with van der Waals surface area (Å²) in [7, 11) is 0. The number of amides is 3. The standard InChI is InChI=1S/C62H72FN11O7S/c1-6-40-8-7-9-43-23-46(76)24-48(54(40)43)56-55(63)57-49(27-64-56)59(72-30-44-14-15-45(31-72)74(44)34-75)68-62(67-57)80-21-20-70-18-16-38(17-19-70)22-39-28-71(29-39)52-26-51(81-69-52)53(35(2)3)61(79)73-32-47(77)25-50(73)60(78)66-36(4)41-10-12-42(13-11-41)58-37(5)65-33-82-58/h7-13,23-24,26-27,33-36,38-39,44-45,47,50,53,76-77H,6,14-22,25,28-32H2,1-5H3,(H,66,78)/t36?,44?,45?,47-,50+,53?/m1/s1. The lowest BCUT2D eigenvalue weighted by Crippen LogP contribution is -2.53. The summed E-state index contributed by atoms with van der Waals surface area (Å²) in [5.74, 6) is 0.773. The van der Waals surface area contributed by atoms with E-state index in [2.05, 4.69) is 30.2 Å². The van der Waals surface area contributed by atoms with Crippen molar-refractivity contribution in [1.82, 2.24) is 45.1 Å². The average molecular weight is 1130 g/mol. The number of β-amino-alcohol motifs (C(OH)–C–C–N with tert-alkyl or cyclic N) is 1. The van der Waals surface area contributed by atoms with Crippen LogP contribution in [0.2, 0.25) is 0 Å². The number of aromatic hydroxyl groups is 1. The summed E-state index contributed by atoms with van der Waals surface area (Å²) in [4.78, 5) is 70.2. The van der Waals surface area contributed by atoms with Crippen molar-refractivity contribution in [3.8, 4) is 33.5 Å². The summed E-state index contributed by atoms with van der Waals surface area (Å²) < 4.78 is 29.5. The number of aliphatic hydroxyl groups excluding tert-OH is 1. The van der Waals surface area contributed by atoms with Crippen molar-refractivity contribution in [3.63, 3.8) is 0 Å². The van der Waals surface area contributed by atoms with E-state index >= 15 is 4.39 Å². The first kappa shape index (κ1) is 55.3. The maximum atomic E-state index is 17.2. The highest BCUT2D eigenvalue weighted by molar-refractivity contribution is 7.13. The molecule has 4 unspecified atom stereocenters. The van der Waals surface area contributed by atoms with E-state index in [1.54, 1.807) is 29.7 Å². The van der Waals surface area contributed by atoms with Crippen LogP contribution in [0.5, 0.6) is 11.8 Å². The molecule has 0 radical (unpaired) electrons. The van der Waals surface area contributed by atoms with Crippen LogP contribution in [0.4, 0.5) is 16.0 Å². The second-order valence-electron chi connectivity index (χ2n) is 23.7. The number of rotatable bonds is 18. The van der Waals surface area contributed by atoms with E-state index in [9.17, 15) is 24.6 Å². The first-order valence-electron chi connectivity index (χ1n) is 29.2. The molecule has 2 bridgehead atoms. The molecule has 3 N–H and O–H groups in total. The van der Waals surface area contributed by atoms with Crippen LogP contribution in [-0.4, -0.2) is 151 Å². The molecule has 82 heavy (non-hydrogen) atoms.